The maximum absolute atomic E-state index is 12.9. The van der Waals surface area contributed by atoms with Crippen LogP contribution in [0.15, 0.2) is 39.1 Å². The van der Waals surface area contributed by atoms with Gasteiger partial charge in [-0.05, 0) is 74.2 Å². The molecule has 3 atom stereocenters. The monoisotopic (exact) mass is 825 g/mol. The van der Waals surface area contributed by atoms with Crippen LogP contribution in [0.3, 0.4) is 0 Å². The molecule has 9 heteroatoms. The van der Waals surface area contributed by atoms with Gasteiger partial charge >= 0.3 is 0 Å². The maximum Gasteiger partial charge on any atom is 0.0966 e. The smallest absolute Gasteiger partial charge is 0.0966 e. The van der Waals surface area contributed by atoms with Crippen LogP contribution in [-0.2, 0) is 108 Å². The van der Waals surface area contributed by atoms with Crippen molar-refractivity contribution in [1.29, 1.82) is 0 Å². The molecular formula is C36H38N4O2Y3-2. The Balaban J connectivity index is 0.00000184. The molecule has 4 aliphatic rings. The van der Waals surface area contributed by atoms with Crippen molar-refractivity contribution in [3.05, 3.63) is 73.5 Å². The first-order valence-corrected chi connectivity index (χ1v) is 15.1. The summed E-state index contributed by atoms with van der Waals surface area (Å²) in [5, 5.41) is 2.11. The first kappa shape index (κ1) is 38.7. The summed E-state index contributed by atoms with van der Waals surface area (Å²) in [7, 11) is 0. The second kappa shape index (κ2) is 15.2. The summed E-state index contributed by atoms with van der Waals surface area (Å²) in [6.07, 6.45) is 15.4. The van der Waals surface area contributed by atoms with E-state index in [9.17, 15) is 9.59 Å². The van der Waals surface area contributed by atoms with E-state index in [1.165, 1.54) is 11.1 Å². The van der Waals surface area contributed by atoms with Crippen LogP contribution in [0.5, 0.6) is 0 Å². The fourth-order valence-electron chi connectivity index (χ4n) is 7.61. The van der Waals surface area contributed by atoms with E-state index in [-0.39, 0.29) is 116 Å². The Morgan fingerprint density at radius 3 is 2.20 bits per heavy atom. The number of rotatable bonds is 7. The number of hydrogen-bond donors (Lipinski definition) is 0. The Morgan fingerprint density at radius 2 is 1.60 bits per heavy atom. The molecule has 0 fully saturated rings. The van der Waals surface area contributed by atoms with Crippen molar-refractivity contribution < 1.29 is 108 Å². The predicted octanol–water partition coefficient (Wildman–Crippen LogP) is 5.89. The van der Waals surface area contributed by atoms with Gasteiger partial charge in [0.1, 0.15) is 0 Å². The number of allylic oxidation sites excluding steroid dienone is 4. The normalized spacial score (nSPS) is 20.8. The zero-order valence-corrected chi connectivity index (χ0v) is 35.9. The van der Waals surface area contributed by atoms with E-state index in [1.807, 2.05) is 13.0 Å². The van der Waals surface area contributed by atoms with Crippen LogP contribution in [0.2, 0.25) is 0 Å². The van der Waals surface area contributed by atoms with E-state index in [0.29, 0.717) is 24.8 Å². The molecule has 0 N–H and O–H groups in total. The molecule has 0 amide bonds. The first-order chi connectivity index (χ1) is 20.2. The number of aromatic nitrogens is 2. The standard InChI is InChI=1S/C36H38N4O2.3Y/c1-9-24-19(4)29-16-34-25(10-2)21(6)32-15-30-20(5)27(13-12-14-41)35(38-30)26(11-3)36-28(18-42)22(7)33(17-31(24)37-29)40(36)23(8)39(32)34;;;/h10,15-17,20,23,27H,2,9,11-13H2,1,3-8H3;;;/q-2;;;. The molecular weight excluding hydrogens is 787 g/mol. The Labute approximate surface area is 342 Å². The van der Waals surface area contributed by atoms with Crippen molar-refractivity contribution in [2.45, 2.75) is 80.3 Å². The Bertz CT molecular complexity index is 1880. The Hall–Kier alpha value is -0.748. The van der Waals surface area contributed by atoms with E-state index >= 15 is 0 Å². The van der Waals surface area contributed by atoms with Crippen molar-refractivity contribution in [2.24, 2.45) is 21.8 Å². The van der Waals surface area contributed by atoms with E-state index in [4.69, 9.17) is 9.98 Å². The Kier molecular flexibility index (Phi) is 13.1. The zero-order valence-electron chi connectivity index (χ0n) is 27.4. The number of hydrogen-bond acceptors (Lipinski definition) is 4. The Morgan fingerprint density at radius 1 is 0.911 bits per heavy atom. The van der Waals surface area contributed by atoms with E-state index in [1.54, 1.807) is 0 Å². The van der Waals surface area contributed by atoms with Gasteiger partial charge in [0.15, 0.2) is 0 Å². The van der Waals surface area contributed by atoms with Crippen LogP contribution in [0.4, 0.5) is 0 Å². The van der Waals surface area contributed by atoms with Crippen molar-refractivity contribution >= 4 is 53.9 Å². The molecule has 0 aromatic carbocycles. The summed E-state index contributed by atoms with van der Waals surface area (Å²) >= 11 is 0. The average molecular weight is 825 g/mol. The van der Waals surface area contributed by atoms with Crippen molar-refractivity contribution in [3.8, 4) is 0 Å². The van der Waals surface area contributed by atoms with Gasteiger partial charge in [0.25, 0.3) is 0 Å². The summed E-state index contributed by atoms with van der Waals surface area (Å²) in [5.74, 6) is 0.156. The minimum atomic E-state index is -0.182. The van der Waals surface area contributed by atoms with Crippen LogP contribution in [0.25, 0.3) is 29.9 Å². The molecule has 6 rings (SSSR count). The van der Waals surface area contributed by atoms with Gasteiger partial charge in [-0.2, -0.15) is 6.42 Å². The van der Waals surface area contributed by atoms with Gasteiger partial charge in [0.2, 0.25) is 0 Å². The molecule has 6 nitrogen and oxygen atoms in total. The van der Waals surface area contributed by atoms with Crippen molar-refractivity contribution in [2.75, 3.05) is 0 Å². The quantitative estimate of drug-likeness (QED) is 0.327. The minimum Gasteiger partial charge on any atom is -0.542 e. The largest absolute Gasteiger partial charge is 0.542 e. The predicted molar refractivity (Wildman–Crippen MR) is 172 cm³/mol. The number of carbonyl (C=O) groups excluding carboxylic acids is 2. The molecule has 4 aliphatic heterocycles. The molecule has 0 spiro atoms. The zero-order chi connectivity index (χ0) is 30.0. The third-order valence-corrected chi connectivity index (χ3v) is 9.88. The van der Waals surface area contributed by atoms with Gasteiger partial charge in [0.05, 0.1) is 29.2 Å². The summed E-state index contributed by atoms with van der Waals surface area (Å²) in [4.78, 5) is 34.7. The third kappa shape index (κ3) is 5.95. The van der Waals surface area contributed by atoms with E-state index < -0.39 is 0 Å². The minimum absolute atomic E-state index is 0. The van der Waals surface area contributed by atoms with Gasteiger partial charge in [-0.3, -0.25) is 11.3 Å². The molecule has 45 heavy (non-hydrogen) atoms. The summed E-state index contributed by atoms with van der Waals surface area (Å²) in [6, 6.07) is 0. The molecule has 225 valence electrons. The molecule has 0 aliphatic carbocycles. The van der Waals surface area contributed by atoms with Gasteiger partial charge in [-0.25, -0.2) is 4.99 Å². The van der Waals surface area contributed by atoms with E-state index in [2.05, 4.69) is 88.1 Å². The number of aliphatic imine (C=N–C) groups is 2. The summed E-state index contributed by atoms with van der Waals surface area (Å²) in [5.41, 5.74) is 12.8. The van der Waals surface area contributed by atoms with Crippen molar-refractivity contribution in [1.82, 2.24) is 9.13 Å². The second-order valence-corrected chi connectivity index (χ2v) is 11.8. The number of fused-ring (bicyclic) bond motifs is 2. The van der Waals surface area contributed by atoms with Gasteiger partial charge in [0, 0.05) is 132 Å². The van der Waals surface area contributed by atoms with Crippen LogP contribution < -0.4 is 10.7 Å². The molecule has 6 bridgehead atoms. The molecule has 3 radical (unpaired) electrons. The summed E-state index contributed by atoms with van der Waals surface area (Å²) < 4.78 is 4.68. The molecule has 2 aromatic rings. The molecule has 0 saturated carbocycles. The third-order valence-electron chi connectivity index (χ3n) is 9.88. The van der Waals surface area contributed by atoms with Gasteiger partial charge < -0.3 is 18.7 Å². The molecule has 0 saturated heterocycles. The number of nitrogens with zero attached hydrogens (tertiary/aromatic N) is 4. The fourth-order valence-corrected chi connectivity index (χ4v) is 7.61. The molecule has 2 aromatic heterocycles. The summed E-state index contributed by atoms with van der Waals surface area (Å²) in [6.45, 7) is 19.2. The van der Waals surface area contributed by atoms with Gasteiger partial charge in [-0.1, -0.05) is 58.0 Å². The van der Waals surface area contributed by atoms with Crippen LogP contribution in [0, 0.1) is 25.7 Å². The molecule has 3 unspecified atom stereocenters. The van der Waals surface area contributed by atoms with Crippen LogP contribution in [-0.4, -0.2) is 33.1 Å². The van der Waals surface area contributed by atoms with Crippen LogP contribution in [0.1, 0.15) is 100 Å². The first-order valence-electron chi connectivity index (χ1n) is 15.1. The average Bonchev–Trinajstić information content (AvgIpc) is 3.62. The molecule has 6 heterocycles. The topological polar surface area (TPSA) is 68.7 Å². The van der Waals surface area contributed by atoms with Crippen LogP contribution >= 0.6 is 0 Å². The second-order valence-electron chi connectivity index (χ2n) is 11.8. The SMILES string of the molecule is C=Cc1c(C)c2n3c1=CC1=NC(=Cc4c(C)c([C-]=O)c(n4C3C)C(CC)=C3N=C(C=2)C(C)C3CC[C-]=O)C(CC)=C1C.[Y].[Y].[Y]. The van der Waals surface area contributed by atoms with E-state index in [0.717, 1.165) is 73.6 Å². The fraction of sp³-hybridized carbons (Fsp3) is 0.389. The van der Waals surface area contributed by atoms with Crippen molar-refractivity contribution in [3.63, 3.8) is 0 Å². The maximum atomic E-state index is 12.9. The van der Waals surface area contributed by atoms with Gasteiger partial charge in [-0.15, -0.1) is 11.1 Å².